The number of hydrogen-bond donors (Lipinski definition) is 0. The first-order valence-electron chi connectivity index (χ1n) is 11.7. The van der Waals surface area contributed by atoms with Gasteiger partial charge < -0.3 is 24.1 Å². The number of halogens is 1. The molecule has 33 heavy (non-hydrogen) atoms. The van der Waals surface area contributed by atoms with Crippen LogP contribution in [0, 0.1) is 5.92 Å². The van der Waals surface area contributed by atoms with Gasteiger partial charge in [-0.1, -0.05) is 30.7 Å². The highest BCUT2D eigenvalue weighted by Gasteiger charge is 2.28. The Balaban J connectivity index is 1.36. The lowest BCUT2D eigenvalue weighted by Gasteiger charge is -2.23. The summed E-state index contributed by atoms with van der Waals surface area (Å²) < 4.78 is 11.7. The minimum atomic E-state index is 0.0633. The van der Waals surface area contributed by atoms with Crippen LogP contribution < -0.4 is 14.5 Å². The van der Waals surface area contributed by atoms with Crippen LogP contribution in [0.25, 0.3) is 0 Å². The van der Waals surface area contributed by atoms with E-state index in [-0.39, 0.29) is 17.8 Å². The zero-order valence-corrected chi connectivity index (χ0v) is 20.4. The van der Waals surface area contributed by atoms with Crippen LogP contribution in [-0.2, 0) is 9.53 Å². The van der Waals surface area contributed by atoms with Gasteiger partial charge in [0.1, 0.15) is 22.7 Å². The van der Waals surface area contributed by atoms with E-state index in [0.29, 0.717) is 23.3 Å². The monoisotopic (exact) mass is 472 g/mol. The number of nitrogens with zero attached hydrogens (tertiary/aromatic N) is 4. The highest BCUT2D eigenvalue weighted by atomic mass is 35.5. The number of benzene rings is 1. The standard InChI is InChI=1S/C25H33ClN4O3/c1-17(12-18(2)31)20-4-6-21(7-5-20)33-22-8-10-30(15-22)24-23(26)13-27-25(28-24)29(3)14-19-9-11-32-16-19/h4-7,13,17,19,22H,8-12,14-16H2,1-3H3/t17-,19?,22-/m1/s1. The quantitative estimate of drug-likeness (QED) is 0.537. The van der Waals surface area contributed by atoms with Crippen LogP contribution in [0.5, 0.6) is 5.75 Å². The first-order chi connectivity index (χ1) is 15.9. The number of carbonyl (C=O) groups excluding carboxylic acids is 1. The van der Waals surface area contributed by atoms with E-state index in [9.17, 15) is 4.79 Å². The molecular weight excluding hydrogens is 440 g/mol. The fraction of sp³-hybridized carbons (Fsp3) is 0.560. The topological polar surface area (TPSA) is 67.8 Å². The SMILES string of the molecule is CC(=O)C[C@@H](C)c1ccc(O[C@@H]2CCN(c3nc(N(C)CC4CCOC4)ncc3Cl)C2)cc1. The summed E-state index contributed by atoms with van der Waals surface area (Å²) in [7, 11) is 2.02. The van der Waals surface area contributed by atoms with Crippen molar-refractivity contribution in [1.82, 2.24) is 9.97 Å². The second kappa shape index (κ2) is 10.7. The average molecular weight is 473 g/mol. The summed E-state index contributed by atoms with van der Waals surface area (Å²) >= 11 is 6.47. The summed E-state index contributed by atoms with van der Waals surface area (Å²) in [6.45, 7) is 7.76. The number of hydrogen-bond acceptors (Lipinski definition) is 7. The van der Waals surface area contributed by atoms with Gasteiger partial charge in [0, 0.05) is 45.5 Å². The lowest BCUT2D eigenvalue weighted by atomic mass is 9.96. The minimum Gasteiger partial charge on any atom is -0.489 e. The maximum absolute atomic E-state index is 11.4. The van der Waals surface area contributed by atoms with Crippen LogP contribution in [0.3, 0.4) is 0 Å². The van der Waals surface area contributed by atoms with Crippen molar-refractivity contribution in [1.29, 1.82) is 0 Å². The zero-order chi connectivity index (χ0) is 23.4. The Bertz CT molecular complexity index is 949. The van der Waals surface area contributed by atoms with Crippen molar-refractivity contribution < 1.29 is 14.3 Å². The van der Waals surface area contributed by atoms with Crippen LogP contribution in [-0.4, -0.2) is 61.8 Å². The number of rotatable bonds is 9. The lowest BCUT2D eigenvalue weighted by molar-refractivity contribution is -0.117. The number of ketones is 1. The van der Waals surface area contributed by atoms with Crippen molar-refractivity contribution in [2.75, 3.05) is 49.7 Å². The summed E-state index contributed by atoms with van der Waals surface area (Å²) in [5.41, 5.74) is 1.15. The van der Waals surface area contributed by atoms with Gasteiger partial charge in [0.05, 0.1) is 19.3 Å². The maximum Gasteiger partial charge on any atom is 0.227 e. The molecule has 0 spiro atoms. The van der Waals surface area contributed by atoms with E-state index in [1.165, 1.54) is 0 Å². The molecule has 0 radical (unpaired) electrons. The first-order valence-corrected chi connectivity index (χ1v) is 12.1. The van der Waals surface area contributed by atoms with E-state index in [1.807, 2.05) is 19.2 Å². The number of carbonyl (C=O) groups is 1. The van der Waals surface area contributed by atoms with Crippen LogP contribution in [0.1, 0.15) is 44.6 Å². The van der Waals surface area contributed by atoms with Crippen LogP contribution in [0.4, 0.5) is 11.8 Å². The largest absolute Gasteiger partial charge is 0.489 e. The molecule has 0 N–H and O–H groups in total. The van der Waals surface area contributed by atoms with Gasteiger partial charge in [-0.15, -0.1) is 0 Å². The normalized spacial score (nSPS) is 21.3. The van der Waals surface area contributed by atoms with Crippen molar-refractivity contribution in [3.05, 3.63) is 41.0 Å². The fourth-order valence-electron chi connectivity index (χ4n) is 4.58. The molecule has 2 aliphatic heterocycles. The Morgan fingerprint density at radius 2 is 2.12 bits per heavy atom. The highest BCUT2D eigenvalue weighted by Crippen LogP contribution is 2.30. The highest BCUT2D eigenvalue weighted by molar-refractivity contribution is 6.32. The molecule has 0 saturated carbocycles. The maximum atomic E-state index is 11.4. The van der Waals surface area contributed by atoms with Crippen molar-refractivity contribution in [2.24, 2.45) is 5.92 Å². The van der Waals surface area contributed by atoms with E-state index in [2.05, 4.69) is 33.8 Å². The minimum absolute atomic E-state index is 0.0633. The van der Waals surface area contributed by atoms with Gasteiger partial charge in [0.25, 0.3) is 0 Å². The summed E-state index contributed by atoms with van der Waals surface area (Å²) in [6, 6.07) is 8.08. The fourth-order valence-corrected chi connectivity index (χ4v) is 4.79. The molecule has 7 nitrogen and oxygen atoms in total. The van der Waals surface area contributed by atoms with E-state index in [4.69, 9.17) is 26.1 Å². The Morgan fingerprint density at radius 1 is 1.33 bits per heavy atom. The second-order valence-electron chi connectivity index (χ2n) is 9.30. The van der Waals surface area contributed by atoms with Crippen molar-refractivity contribution in [3.8, 4) is 5.75 Å². The molecule has 4 rings (SSSR count). The van der Waals surface area contributed by atoms with Gasteiger partial charge in [0.2, 0.25) is 5.95 Å². The molecule has 2 saturated heterocycles. The van der Waals surface area contributed by atoms with Gasteiger partial charge in [-0.3, -0.25) is 0 Å². The molecule has 1 aromatic carbocycles. The summed E-state index contributed by atoms with van der Waals surface area (Å²) in [6.07, 6.45) is 4.28. The summed E-state index contributed by atoms with van der Waals surface area (Å²) in [5.74, 6) is 3.22. The van der Waals surface area contributed by atoms with Crippen LogP contribution >= 0.6 is 11.6 Å². The van der Waals surface area contributed by atoms with Crippen molar-refractivity contribution in [3.63, 3.8) is 0 Å². The van der Waals surface area contributed by atoms with Crippen LogP contribution in [0.2, 0.25) is 5.02 Å². The Labute approximate surface area is 201 Å². The molecule has 3 atom stereocenters. The number of anilines is 2. The molecule has 0 aliphatic carbocycles. The Morgan fingerprint density at radius 3 is 2.82 bits per heavy atom. The Hall–Kier alpha value is -2.38. The second-order valence-corrected chi connectivity index (χ2v) is 9.71. The molecule has 8 heteroatoms. The average Bonchev–Trinajstić information content (AvgIpc) is 3.46. The number of ether oxygens (including phenoxy) is 2. The van der Waals surface area contributed by atoms with Gasteiger partial charge in [-0.05, 0) is 37.0 Å². The molecule has 2 aromatic rings. The lowest BCUT2D eigenvalue weighted by Crippen LogP contribution is -2.29. The molecule has 2 fully saturated rings. The molecule has 178 valence electrons. The molecule has 3 heterocycles. The molecule has 0 amide bonds. The predicted octanol–water partition coefficient (Wildman–Crippen LogP) is 4.34. The molecule has 2 aliphatic rings. The van der Waals surface area contributed by atoms with E-state index in [1.54, 1.807) is 13.1 Å². The first kappa shape index (κ1) is 23.8. The smallest absolute Gasteiger partial charge is 0.227 e. The zero-order valence-electron chi connectivity index (χ0n) is 19.7. The van der Waals surface area contributed by atoms with E-state index < -0.39 is 0 Å². The van der Waals surface area contributed by atoms with Gasteiger partial charge >= 0.3 is 0 Å². The Kier molecular flexibility index (Phi) is 7.71. The summed E-state index contributed by atoms with van der Waals surface area (Å²) in [4.78, 5) is 24.9. The number of Topliss-reactive ketones (excluding diaryl/α,β-unsaturated/α-hetero) is 1. The van der Waals surface area contributed by atoms with Crippen molar-refractivity contribution >= 4 is 29.2 Å². The van der Waals surface area contributed by atoms with E-state index >= 15 is 0 Å². The van der Waals surface area contributed by atoms with Crippen molar-refractivity contribution in [2.45, 2.75) is 45.1 Å². The number of aromatic nitrogens is 2. The molecular formula is C25H33ClN4O3. The van der Waals surface area contributed by atoms with E-state index in [0.717, 1.165) is 62.8 Å². The van der Waals surface area contributed by atoms with Crippen LogP contribution in [0.15, 0.2) is 30.5 Å². The molecule has 0 bridgehead atoms. The molecule has 1 unspecified atom stereocenters. The summed E-state index contributed by atoms with van der Waals surface area (Å²) in [5, 5.41) is 0.556. The predicted molar refractivity (Wildman–Crippen MR) is 131 cm³/mol. The van der Waals surface area contributed by atoms with Gasteiger partial charge in [-0.2, -0.15) is 4.98 Å². The third kappa shape index (κ3) is 6.15. The molecule has 1 aromatic heterocycles. The third-order valence-corrected chi connectivity index (χ3v) is 6.67. The van der Waals surface area contributed by atoms with Gasteiger partial charge in [0.15, 0.2) is 5.82 Å². The third-order valence-electron chi connectivity index (χ3n) is 6.40. The van der Waals surface area contributed by atoms with Gasteiger partial charge in [-0.25, -0.2) is 4.98 Å².